The van der Waals surface area contributed by atoms with Gasteiger partial charge in [0.1, 0.15) is 11.0 Å². The molecule has 0 aliphatic heterocycles. The summed E-state index contributed by atoms with van der Waals surface area (Å²) in [6.07, 6.45) is 2.14. The second-order valence-corrected chi connectivity index (χ2v) is 9.76. The van der Waals surface area contributed by atoms with Crippen molar-refractivity contribution in [3.05, 3.63) is 58.2 Å². The lowest BCUT2D eigenvalue weighted by molar-refractivity contribution is 0.530. The number of anilines is 2. The topological polar surface area (TPSA) is 54.9 Å². The van der Waals surface area contributed by atoms with Gasteiger partial charge in [-0.05, 0) is 37.1 Å². The molecular weight excluding hydrogens is 386 g/mol. The average molecular weight is 404 g/mol. The van der Waals surface area contributed by atoms with Crippen molar-refractivity contribution in [2.75, 3.05) is 5.32 Å². The first kappa shape index (κ1) is 17.6. The highest BCUT2D eigenvalue weighted by molar-refractivity contribution is 7.85. The van der Waals surface area contributed by atoms with Gasteiger partial charge < -0.3 is 5.32 Å². The summed E-state index contributed by atoms with van der Waals surface area (Å²) in [7, 11) is -1.31. The molecule has 0 saturated carbocycles. The Balaban J connectivity index is 1.62. The molecule has 1 N–H and O–H groups in total. The van der Waals surface area contributed by atoms with Gasteiger partial charge >= 0.3 is 0 Å². The van der Waals surface area contributed by atoms with Crippen LogP contribution in [0.25, 0.3) is 0 Å². The van der Waals surface area contributed by atoms with Gasteiger partial charge in [0.2, 0.25) is 0 Å². The summed E-state index contributed by atoms with van der Waals surface area (Å²) in [5.74, 6) is 0.557. The Kier molecular flexibility index (Phi) is 4.59. The molecule has 1 unspecified atom stereocenters. The number of benzene rings is 1. The molecule has 134 valence electrons. The lowest BCUT2D eigenvalue weighted by Crippen LogP contribution is -2.09. The molecule has 1 aliphatic carbocycles. The molecule has 0 radical (unpaired) electrons. The minimum absolute atomic E-state index is 0.175. The van der Waals surface area contributed by atoms with Crippen molar-refractivity contribution in [2.24, 2.45) is 0 Å². The van der Waals surface area contributed by atoms with Crippen molar-refractivity contribution in [2.45, 2.75) is 41.9 Å². The van der Waals surface area contributed by atoms with Gasteiger partial charge in [0.05, 0.1) is 21.4 Å². The molecule has 1 atom stereocenters. The van der Waals surface area contributed by atoms with E-state index in [4.69, 9.17) is 16.6 Å². The summed E-state index contributed by atoms with van der Waals surface area (Å²) in [6.45, 7) is 4.50. The average Bonchev–Trinajstić information content (AvgIpc) is 3.14. The highest BCUT2D eigenvalue weighted by atomic mass is 35.5. The largest absolute Gasteiger partial charge is 0.316 e. The van der Waals surface area contributed by atoms with E-state index in [0.717, 1.165) is 28.6 Å². The van der Waals surface area contributed by atoms with Crippen LogP contribution in [0, 0.1) is 0 Å². The van der Waals surface area contributed by atoms with Crippen LogP contribution in [0.3, 0.4) is 0 Å². The maximum atomic E-state index is 12.8. The van der Waals surface area contributed by atoms with Gasteiger partial charge in [0, 0.05) is 15.2 Å². The molecule has 0 saturated heterocycles. The number of rotatable bonds is 4. The molecule has 2 heterocycles. The van der Waals surface area contributed by atoms with Crippen molar-refractivity contribution in [1.82, 2.24) is 9.97 Å². The van der Waals surface area contributed by atoms with Gasteiger partial charge in [-0.3, -0.25) is 0 Å². The monoisotopic (exact) mass is 403 g/mol. The Morgan fingerprint density at radius 1 is 1.15 bits per heavy atom. The summed E-state index contributed by atoms with van der Waals surface area (Å²) in [4.78, 5) is 11.7. The lowest BCUT2D eigenvalue weighted by atomic mass is 9.93. The lowest BCUT2D eigenvalue weighted by Gasteiger charge is -2.15. The van der Waals surface area contributed by atoms with Crippen LogP contribution < -0.4 is 5.32 Å². The van der Waals surface area contributed by atoms with Crippen LogP contribution in [0.1, 0.15) is 30.8 Å². The van der Waals surface area contributed by atoms with E-state index >= 15 is 0 Å². The van der Waals surface area contributed by atoms with Gasteiger partial charge in [-0.1, -0.05) is 43.6 Å². The Hall–Kier alpha value is -1.76. The molecule has 4 rings (SSSR count). The van der Waals surface area contributed by atoms with Crippen LogP contribution in [-0.4, -0.2) is 14.2 Å². The number of halogens is 1. The molecule has 4 nitrogen and oxygen atoms in total. The van der Waals surface area contributed by atoms with E-state index in [1.807, 2.05) is 30.3 Å². The van der Waals surface area contributed by atoms with E-state index in [1.165, 1.54) is 4.88 Å². The fourth-order valence-electron chi connectivity index (χ4n) is 3.08. The van der Waals surface area contributed by atoms with E-state index in [1.54, 1.807) is 23.5 Å². The molecule has 0 fully saturated rings. The van der Waals surface area contributed by atoms with Crippen LogP contribution in [0.4, 0.5) is 10.9 Å². The molecule has 1 aliphatic rings. The van der Waals surface area contributed by atoms with Gasteiger partial charge in [-0.25, -0.2) is 14.2 Å². The van der Waals surface area contributed by atoms with Gasteiger partial charge in [-0.2, -0.15) is 0 Å². The molecule has 1 aromatic carbocycles. The fraction of sp³-hybridized carbons (Fsp3) is 0.263. The predicted octanol–water partition coefficient (Wildman–Crippen LogP) is 5.33. The number of fused-ring (bicyclic) bond motifs is 1. The minimum Gasteiger partial charge on any atom is -0.316 e. The van der Waals surface area contributed by atoms with Crippen molar-refractivity contribution in [1.29, 1.82) is 0 Å². The molecule has 2 aromatic heterocycles. The third kappa shape index (κ3) is 3.41. The first-order valence-corrected chi connectivity index (χ1v) is 10.7. The third-order valence-corrected chi connectivity index (χ3v) is 7.41. The summed E-state index contributed by atoms with van der Waals surface area (Å²) in [6, 6.07) is 12.7. The molecule has 0 spiro atoms. The van der Waals surface area contributed by atoms with Crippen LogP contribution >= 0.6 is 22.9 Å². The second-order valence-electron chi connectivity index (χ2n) is 6.90. The number of aryl methyl sites for hydroxylation is 1. The van der Waals surface area contributed by atoms with Crippen molar-refractivity contribution in [3.8, 4) is 0 Å². The summed E-state index contributed by atoms with van der Waals surface area (Å²) in [5.41, 5.74) is 1.34. The van der Waals surface area contributed by atoms with E-state index in [2.05, 4.69) is 24.1 Å². The quantitative estimate of drug-likeness (QED) is 0.598. The third-order valence-electron chi connectivity index (χ3n) is 4.47. The van der Waals surface area contributed by atoms with E-state index in [9.17, 15) is 4.21 Å². The summed E-state index contributed by atoms with van der Waals surface area (Å²) in [5, 5.41) is 4.34. The first-order chi connectivity index (χ1) is 12.4. The van der Waals surface area contributed by atoms with E-state index in [0.29, 0.717) is 15.9 Å². The van der Waals surface area contributed by atoms with Crippen molar-refractivity contribution >= 4 is 44.7 Å². The SMILES string of the molecule is CC1(C)CCc2nc(Nc3cc(S(=O)c4ccccc4)cc(Cl)n3)sc21. The Morgan fingerprint density at radius 3 is 2.65 bits per heavy atom. The normalized spacial score (nSPS) is 16.3. The molecule has 0 bridgehead atoms. The van der Waals surface area contributed by atoms with Gasteiger partial charge in [0.25, 0.3) is 0 Å². The number of pyridine rings is 1. The summed E-state index contributed by atoms with van der Waals surface area (Å²) < 4.78 is 12.8. The molecule has 3 aromatic rings. The van der Waals surface area contributed by atoms with Crippen LogP contribution in [0.15, 0.2) is 52.3 Å². The molecule has 0 amide bonds. The molecule has 7 heteroatoms. The van der Waals surface area contributed by atoms with Crippen LogP contribution in [-0.2, 0) is 22.6 Å². The highest BCUT2D eigenvalue weighted by Gasteiger charge is 2.33. The van der Waals surface area contributed by atoms with Crippen LogP contribution in [0.2, 0.25) is 5.15 Å². The van der Waals surface area contributed by atoms with E-state index < -0.39 is 10.8 Å². The van der Waals surface area contributed by atoms with Crippen LogP contribution in [0.5, 0.6) is 0 Å². The number of nitrogens with one attached hydrogen (secondary N) is 1. The van der Waals surface area contributed by atoms with Crippen molar-refractivity contribution < 1.29 is 4.21 Å². The Labute approximate surface area is 164 Å². The molecular formula is C19H18ClN3OS2. The standard InChI is InChI=1S/C19H18ClN3OS2/c1-19(2)9-8-14-17(19)25-18(21-14)23-16-11-13(10-15(20)22-16)26(24)12-6-4-3-5-7-12/h3-7,10-11H,8-9H2,1-2H3,(H,21,22,23). The minimum atomic E-state index is -1.31. The summed E-state index contributed by atoms with van der Waals surface area (Å²) >= 11 is 7.82. The number of hydrogen-bond acceptors (Lipinski definition) is 5. The Bertz CT molecular complexity index is 986. The molecule has 26 heavy (non-hydrogen) atoms. The zero-order valence-electron chi connectivity index (χ0n) is 14.5. The number of thiazole rings is 1. The Morgan fingerprint density at radius 2 is 1.92 bits per heavy atom. The second kappa shape index (κ2) is 6.76. The van der Waals surface area contributed by atoms with E-state index in [-0.39, 0.29) is 5.41 Å². The number of nitrogens with zero attached hydrogens (tertiary/aromatic N) is 2. The predicted molar refractivity (Wildman–Crippen MR) is 107 cm³/mol. The van der Waals surface area contributed by atoms with Gasteiger partial charge in [-0.15, -0.1) is 11.3 Å². The van der Waals surface area contributed by atoms with Crippen molar-refractivity contribution in [3.63, 3.8) is 0 Å². The zero-order valence-corrected chi connectivity index (χ0v) is 16.8. The maximum Gasteiger partial charge on any atom is 0.188 e. The smallest absolute Gasteiger partial charge is 0.188 e. The van der Waals surface area contributed by atoms with Gasteiger partial charge in [0.15, 0.2) is 5.13 Å². The number of aromatic nitrogens is 2. The number of hydrogen-bond donors (Lipinski definition) is 1. The zero-order chi connectivity index (χ0) is 18.3. The maximum absolute atomic E-state index is 12.8. The highest BCUT2D eigenvalue weighted by Crippen LogP contribution is 2.43. The fourth-order valence-corrected chi connectivity index (χ4v) is 5.62. The first-order valence-electron chi connectivity index (χ1n) is 8.34.